The highest BCUT2D eigenvalue weighted by Gasteiger charge is 2.52. The molecular formula is C25H29N3O2. The molecule has 2 aliphatic carbocycles. The van der Waals surface area contributed by atoms with E-state index in [1.165, 1.54) is 5.57 Å². The summed E-state index contributed by atoms with van der Waals surface area (Å²) in [5, 5.41) is 21.8. The van der Waals surface area contributed by atoms with Crippen LogP contribution in [0.2, 0.25) is 0 Å². The number of nitrogens with one attached hydrogen (secondary N) is 1. The lowest BCUT2D eigenvalue weighted by molar-refractivity contribution is -0.127. The van der Waals surface area contributed by atoms with Crippen molar-refractivity contribution < 1.29 is 9.90 Å². The molecule has 0 bridgehead atoms. The fourth-order valence-electron chi connectivity index (χ4n) is 5.83. The predicted molar refractivity (Wildman–Crippen MR) is 117 cm³/mol. The Bertz CT molecular complexity index is 986. The van der Waals surface area contributed by atoms with E-state index >= 15 is 0 Å². The van der Waals surface area contributed by atoms with Gasteiger partial charge in [-0.15, -0.1) is 0 Å². The van der Waals surface area contributed by atoms with E-state index in [1.807, 2.05) is 31.3 Å². The highest BCUT2D eigenvalue weighted by Crippen LogP contribution is 2.57. The summed E-state index contributed by atoms with van der Waals surface area (Å²) in [6.45, 7) is 9.14. The van der Waals surface area contributed by atoms with Gasteiger partial charge in [0.2, 0.25) is 0 Å². The molecule has 1 aromatic rings. The molecule has 1 aromatic carbocycles. The van der Waals surface area contributed by atoms with E-state index in [0.29, 0.717) is 6.54 Å². The number of benzene rings is 1. The zero-order valence-electron chi connectivity index (χ0n) is 17.7. The van der Waals surface area contributed by atoms with E-state index in [9.17, 15) is 9.90 Å². The summed E-state index contributed by atoms with van der Waals surface area (Å²) < 4.78 is 0. The molecule has 1 heterocycles. The van der Waals surface area contributed by atoms with Crippen molar-refractivity contribution in [1.29, 1.82) is 5.26 Å². The Morgan fingerprint density at radius 3 is 2.93 bits per heavy atom. The summed E-state index contributed by atoms with van der Waals surface area (Å²) in [5.41, 5.74) is 3.98. The number of phenolic OH excluding ortho intramolecular Hbond substituents is 1. The van der Waals surface area contributed by atoms with Gasteiger partial charge in [0.05, 0.1) is 0 Å². The number of phenols is 1. The third kappa shape index (κ3) is 3.31. The van der Waals surface area contributed by atoms with E-state index in [-0.39, 0.29) is 34.7 Å². The first kappa shape index (κ1) is 20.3. The van der Waals surface area contributed by atoms with Gasteiger partial charge in [0.25, 0.3) is 0 Å². The second kappa shape index (κ2) is 7.68. The Balaban J connectivity index is 1.74. The van der Waals surface area contributed by atoms with Crippen LogP contribution in [0.25, 0.3) is 0 Å². The fraction of sp³-hybridized carbons (Fsp3) is 0.440. The molecule has 5 nitrogen and oxygen atoms in total. The number of nitriles is 1. The van der Waals surface area contributed by atoms with Crippen molar-refractivity contribution >= 4 is 11.5 Å². The van der Waals surface area contributed by atoms with Crippen LogP contribution in [-0.4, -0.2) is 17.4 Å². The van der Waals surface area contributed by atoms with Gasteiger partial charge in [-0.3, -0.25) is 4.79 Å². The Morgan fingerprint density at radius 2 is 2.20 bits per heavy atom. The summed E-state index contributed by atoms with van der Waals surface area (Å²) in [6.07, 6.45) is 9.51. The minimum atomic E-state index is -0.239. The minimum absolute atomic E-state index is 0.0800. The average molecular weight is 404 g/mol. The number of hydrogen-bond acceptors (Lipinski definition) is 5. The van der Waals surface area contributed by atoms with Gasteiger partial charge in [0.1, 0.15) is 5.75 Å². The van der Waals surface area contributed by atoms with Crippen molar-refractivity contribution in [2.24, 2.45) is 23.2 Å². The Hall–Kier alpha value is -3.00. The average Bonchev–Trinajstić information content (AvgIpc) is 2.84. The van der Waals surface area contributed by atoms with Crippen molar-refractivity contribution in [2.75, 3.05) is 11.4 Å². The van der Waals surface area contributed by atoms with Crippen LogP contribution in [0.15, 0.2) is 60.0 Å². The predicted octanol–water partition coefficient (Wildman–Crippen LogP) is 4.64. The lowest BCUT2D eigenvalue weighted by Crippen LogP contribution is -2.49. The van der Waals surface area contributed by atoms with Crippen molar-refractivity contribution in [3.63, 3.8) is 0 Å². The highest BCUT2D eigenvalue weighted by atomic mass is 16.3. The van der Waals surface area contributed by atoms with Gasteiger partial charge >= 0.3 is 0 Å². The molecule has 4 rings (SSSR count). The Labute approximate surface area is 178 Å². The van der Waals surface area contributed by atoms with Gasteiger partial charge in [-0.25, -0.2) is 0 Å². The Morgan fingerprint density at radius 1 is 1.40 bits per heavy atom. The third-order valence-corrected chi connectivity index (χ3v) is 7.44. The zero-order chi connectivity index (χ0) is 21.5. The molecule has 1 aliphatic heterocycles. The van der Waals surface area contributed by atoms with Crippen molar-refractivity contribution in [3.8, 4) is 11.9 Å². The van der Waals surface area contributed by atoms with Crippen LogP contribution in [0.3, 0.4) is 0 Å². The zero-order valence-corrected chi connectivity index (χ0v) is 17.7. The van der Waals surface area contributed by atoms with Crippen LogP contribution in [0.1, 0.15) is 39.5 Å². The largest absolute Gasteiger partial charge is 0.508 e. The molecule has 1 saturated carbocycles. The van der Waals surface area contributed by atoms with Crippen molar-refractivity contribution in [3.05, 3.63) is 60.0 Å². The molecule has 30 heavy (non-hydrogen) atoms. The number of fused-ring (bicyclic) bond motifs is 3. The van der Waals surface area contributed by atoms with E-state index in [1.54, 1.807) is 12.1 Å². The van der Waals surface area contributed by atoms with Gasteiger partial charge in [-0.05, 0) is 62.3 Å². The number of hydrogen-bond donors (Lipinski definition) is 2. The summed E-state index contributed by atoms with van der Waals surface area (Å²) in [7, 11) is 0. The minimum Gasteiger partial charge on any atom is -0.508 e. The summed E-state index contributed by atoms with van der Waals surface area (Å²) in [6, 6.07) is 7.22. The molecule has 0 saturated heterocycles. The maximum atomic E-state index is 13.3. The number of nitrogens with zero attached hydrogens (tertiary/aromatic N) is 2. The molecule has 0 aromatic heterocycles. The number of ketones is 1. The van der Waals surface area contributed by atoms with Crippen LogP contribution in [0, 0.1) is 34.6 Å². The maximum absolute atomic E-state index is 13.3. The summed E-state index contributed by atoms with van der Waals surface area (Å²) in [4.78, 5) is 15.3. The summed E-state index contributed by atoms with van der Waals surface area (Å²) in [5.74, 6) is 0.814. The fourth-order valence-corrected chi connectivity index (χ4v) is 5.83. The van der Waals surface area contributed by atoms with Crippen molar-refractivity contribution in [1.82, 2.24) is 5.32 Å². The number of aromatic hydroxyl groups is 1. The van der Waals surface area contributed by atoms with Gasteiger partial charge in [0, 0.05) is 47.4 Å². The smallest absolute Gasteiger partial charge is 0.176 e. The number of carbonyl (C=O) groups is 1. The Kier molecular flexibility index (Phi) is 5.19. The molecule has 3 aliphatic rings. The summed E-state index contributed by atoms with van der Waals surface area (Å²) >= 11 is 0. The molecule has 2 N–H and O–H groups in total. The first-order valence-electron chi connectivity index (χ1n) is 10.7. The maximum Gasteiger partial charge on any atom is 0.176 e. The molecule has 5 heteroatoms. The quantitative estimate of drug-likeness (QED) is 0.568. The molecule has 4 atom stereocenters. The van der Waals surface area contributed by atoms with E-state index in [0.717, 1.165) is 42.6 Å². The monoisotopic (exact) mass is 403 g/mol. The van der Waals surface area contributed by atoms with Gasteiger partial charge in [-0.1, -0.05) is 25.1 Å². The lowest BCUT2D eigenvalue weighted by Gasteiger charge is -2.51. The first-order chi connectivity index (χ1) is 14.3. The SMILES string of the molecule is C=C1CCC2(C)C(=CN1c1cccc(O)c1)CCC1C2C(=O)C=C(C)[C@H]1CNC#N. The molecule has 0 radical (unpaired) electrons. The topological polar surface area (TPSA) is 76.4 Å². The van der Waals surface area contributed by atoms with Crippen LogP contribution >= 0.6 is 0 Å². The van der Waals surface area contributed by atoms with E-state index < -0.39 is 0 Å². The van der Waals surface area contributed by atoms with Crippen LogP contribution in [-0.2, 0) is 4.79 Å². The van der Waals surface area contributed by atoms with Crippen LogP contribution in [0.5, 0.6) is 5.75 Å². The first-order valence-corrected chi connectivity index (χ1v) is 10.7. The highest BCUT2D eigenvalue weighted by molar-refractivity contribution is 5.95. The molecule has 3 unspecified atom stereocenters. The normalized spacial score (nSPS) is 31.0. The molecular weight excluding hydrogens is 374 g/mol. The number of carbonyl (C=O) groups excluding carboxylic acids is 1. The second-order valence-corrected chi connectivity index (χ2v) is 9.10. The molecule has 156 valence electrons. The van der Waals surface area contributed by atoms with Gasteiger partial charge in [-0.2, -0.15) is 5.26 Å². The van der Waals surface area contributed by atoms with Gasteiger partial charge in [0.15, 0.2) is 12.0 Å². The molecule has 0 amide bonds. The number of rotatable bonds is 3. The van der Waals surface area contributed by atoms with Gasteiger partial charge < -0.3 is 15.3 Å². The molecule has 1 fully saturated rings. The van der Waals surface area contributed by atoms with E-state index in [4.69, 9.17) is 5.26 Å². The standard InChI is InChI=1S/C25H29N3O2/c1-16-11-23(30)24-21(22(16)13-27-15-26)8-7-18-14-28(17(2)9-10-25(18,24)3)19-5-4-6-20(29)12-19/h4-6,11-12,14,21-22,24,27,29H,2,7-10,13H2,1,3H3/t21?,22-,24?,25?/m1/s1. The van der Waals surface area contributed by atoms with Crippen molar-refractivity contribution in [2.45, 2.75) is 39.5 Å². The van der Waals surface area contributed by atoms with Crippen LogP contribution in [0.4, 0.5) is 5.69 Å². The van der Waals surface area contributed by atoms with Crippen LogP contribution < -0.4 is 10.2 Å². The third-order valence-electron chi connectivity index (χ3n) is 7.44. The van der Waals surface area contributed by atoms with E-state index in [2.05, 4.69) is 29.9 Å². The second-order valence-electron chi connectivity index (χ2n) is 9.10. The molecule has 0 spiro atoms. The number of allylic oxidation sites excluding steroid dienone is 3. The number of anilines is 1. The lowest BCUT2D eigenvalue weighted by atomic mass is 9.52.